The molecule has 1 N–H and O–H groups in total. The molecule has 0 unspecified atom stereocenters. The Hall–Kier alpha value is -2.21. The molecule has 1 aliphatic rings. The zero-order chi connectivity index (χ0) is 16.1. The second kappa shape index (κ2) is 7.37. The van der Waals surface area contributed by atoms with Gasteiger partial charge in [0.25, 0.3) is 0 Å². The van der Waals surface area contributed by atoms with Gasteiger partial charge in [-0.3, -0.25) is 4.98 Å². The molecule has 0 saturated carbocycles. The molecule has 2 heterocycles. The van der Waals surface area contributed by atoms with Crippen molar-refractivity contribution in [2.45, 2.75) is 20.0 Å². The first-order valence-electron chi connectivity index (χ1n) is 7.88. The largest absolute Gasteiger partial charge is 0.472 e. The van der Waals surface area contributed by atoms with Gasteiger partial charge in [-0.25, -0.2) is 4.39 Å². The smallest absolute Gasteiger partial charge is 0.234 e. The molecule has 2 aromatic rings. The molecule has 3 rings (SSSR count). The molecule has 1 aliphatic heterocycles. The van der Waals surface area contributed by atoms with E-state index in [1.165, 1.54) is 12.1 Å². The molecule has 0 bridgehead atoms. The number of hydrogen-bond acceptors (Lipinski definition) is 5. The monoisotopic (exact) mass is 316 g/mol. The Kier molecular flexibility index (Phi) is 5.02. The molecular formula is C17H21FN4O. The highest BCUT2D eigenvalue weighted by Gasteiger charge is 2.12. The number of rotatable bonds is 4. The highest BCUT2D eigenvalue weighted by Crippen LogP contribution is 2.17. The summed E-state index contributed by atoms with van der Waals surface area (Å²) in [6, 6.07) is 4.69. The van der Waals surface area contributed by atoms with Crippen LogP contribution in [0, 0.1) is 12.7 Å². The van der Waals surface area contributed by atoms with Gasteiger partial charge in [0.15, 0.2) is 5.82 Å². The van der Waals surface area contributed by atoms with E-state index in [0.717, 1.165) is 49.5 Å². The number of aromatic nitrogens is 2. The Bertz CT molecular complexity index is 657. The molecule has 0 radical (unpaired) electrons. The minimum Gasteiger partial charge on any atom is -0.472 e. The lowest BCUT2D eigenvalue weighted by Gasteiger charge is -2.20. The Labute approximate surface area is 135 Å². The maximum atomic E-state index is 13.3. The molecule has 122 valence electrons. The van der Waals surface area contributed by atoms with Crippen molar-refractivity contribution in [1.82, 2.24) is 15.3 Å². The van der Waals surface area contributed by atoms with Crippen LogP contribution < -0.4 is 15.0 Å². The minimum atomic E-state index is -0.258. The van der Waals surface area contributed by atoms with Gasteiger partial charge in [-0.2, -0.15) is 4.98 Å². The van der Waals surface area contributed by atoms with Gasteiger partial charge in [0, 0.05) is 19.6 Å². The van der Waals surface area contributed by atoms with E-state index >= 15 is 0 Å². The number of benzene rings is 1. The first kappa shape index (κ1) is 15.7. The Balaban J connectivity index is 1.68. The average molecular weight is 316 g/mol. The predicted octanol–water partition coefficient (Wildman–Crippen LogP) is 2.30. The summed E-state index contributed by atoms with van der Waals surface area (Å²) in [5.41, 5.74) is 1.81. The minimum absolute atomic E-state index is 0.258. The molecule has 0 spiro atoms. The van der Waals surface area contributed by atoms with Gasteiger partial charge in [-0.1, -0.05) is 6.07 Å². The molecule has 1 saturated heterocycles. The third-order valence-corrected chi connectivity index (χ3v) is 3.95. The molecule has 1 aromatic heterocycles. The summed E-state index contributed by atoms with van der Waals surface area (Å²) >= 11 is 0. The Morgan fingerprint density at radius 2 is 2.17 bits per heavy atom. The van der Waals surface area contributed by atoms with Crippen molar-refractivity contribution >= 4 is 5.82 Å². The van der Waals surface area contributed by atoms with Crippen LogP contribution in [0.3, 0.4) is 0 Å². The summed E-state index contributed by atoms with van der Waals surface area (Å²) in [6.07, 6.45) is 4.43. The van der Waals surface area contributed by atoms with Gasteiger partial charge in [0.2, 0.25) is 5.88 Å². The van der Waals surface area contributed by atoms with Crippen LogP contribution in [0.15, 0.2) is 30.6 Å². The van der Waals surface area contributed by atoms with Gasteiger partial charge < -0.3 is 15.0 Å². The third-order valence-electron chi connectivity index (χ3n) is 3.95. The van der Waals surface area contributed by atoms with Crippen LogP contribution in [0.5, 0.6) is 5.88 Å². The number of ether oxygens (including phenoxy) is 1. The van der Waals surface area contributed by atoms with Crippen LogP contribution in [0.2, 0.25) is 0 Å². The number of aryl methyl sites for hydroxylation is 1. The second-order valence-corrected chi connectivity index (χ2v) is 5.67. The zero-order valence-corrected chi connectivity index (χ0v) is 13.3. The zero-order valence-electron chi connectivity index (χ0n) is 13.3. The molecule has 6 heteroatoms. The maximum absolute atomic E-state index is 13.3. The first-order valence-corrected chi connectivity index (χ1v) is 7.88. The number of nitrogens with zero attached hydrogens (tertiary/aromatic N) is 3. The molecule has 1 fully saturated rings. The maximum Gasteiger partial charge on any atom is 0.234 e. The van der Waals surface area contributed by atoms with Crippen LogP contribution in [0.4, 0.5) is 10.2 Å². The predicted molar refractivity (Wildman–Crippen MR) is 87.2 cm³/mol. The lowest BCUT2D eigenvalue weighted by molar-refractivity contribution is 0.291. The summed E-state index contributed by atoms with van der Waals surface area (Å²) in [7, 11) is 0. The van der Waals surface area contributed by atoms with Crippen molar-refractivity contribution in [3.63, 3.8) is 0 Å². The summed E-state index contributed by atoms with van der Waals surface area (Å²) in [5, 5.41) is 3.36. The topological polar surface area (TPSA) is 50.3 Å². The van der Waals surface area contributed by atoms with E-state index in [2.05, 4.69) is 20.2 Å². The van der Waals surface area contributed by atoms with Gasteiger partial charge >= 0.3 is 0 Å². The number of nitrogens with one attached hydrogen (secondary N) is 1. The number of halogens is 1. The Morgan fingerprint density at radius 3 is 3.09 bits per heavy atom. The van der Waals surface area contributed by atoms with Crippen molar-refractivity contribution in [2.24, 2.45) is 0 Å². The molecule has 23 heavy (non-hydrogen) atoms. The fraction of sp³-hybridized carbons (Fsp3) is 0.412. The lowest BCUT2D eigenvalue weighted by Crippen LogP contribution is -2.28. The fourth-order valence-corrected chi connectivity index (χ4v) is 2.58. The SMILES string of the molecule is Cc1ccc(F)cc1COc1cncc(N2CCCNCC2)n1. The number of hydrogen-bond donors (Lipinski definition) is 1. The van der Waals surface area contributed by atoms with Gasteiger partial charge in [-0.05, 0) is 43.1 Å². The standard InChI is InChI=1S/C17H21FN4O/c1-13-3-4-15(18)9-14(13)12-23-17-11-20-10-16(21-17)22-7-2-5-19-6-8-22/h3-4,9-11,19H,2,5-8,12H2,1H3. The van der Waals surface area contributed by atoms with Crippen LogP contribution in [0.1, 0.15) is 17.5 Å². The highest BCUT2D eigenvalue weighted by molar-refractivity contribution is 5.38. The van der Waals surface area contributed by atoms with E-state index in [1.54, 1.807) is 18.5 Å². The van der Waals surface area contributed by atoms with Gasteiger partial charge in [0.05, 0.1) is 12.4 Å². The van der Waals surface area contributed by atoms with E-state index < -0.39 is 0 Å². The molecule has 1 aromatic carbocycles. The molecular weight excluding hydrogens is 295 g/mol. The van der Waals surface area contributed by atoms with Crippen LogP contribution in [0.25, 0.3) is 0 Å². The van der Waals surface area contributed by atoms with E-state index in [9.17, 15) is 4.39 Å². The van der Waals surface area contributed by atoms with Crippen molar-refractivity contribution in [3.8, 4) is 5.88 Å². The van der Waals surface area contributed by atoms with Gasteiger partial charge in [0.1, 0.15) is 12.4 Å². The highest BCUT2D eigenvalue weighted by atomic mass is 19.1. The van der Waals surface area contributed by atoms with Crippen molar-refractivity contribution in [1.29, 1.82) is 0 Å². The molecule has 5 nitrogen and oxygen atoms in total. The van der Waals surface area contributed by atoms with Gasteiger partial charge in [-0.15, -0.1) is 0 Å². The number of anilines is 1. The summed E-state index contributed by atoms with van der Waals surface area (Å²) in [6.45, 7) is 6.04. The van der Waals surface area contributed by atoms with Crippen LogP contribution in [-0.4, -0.2) is 36.1 Å². The van der Waals surface area contributed by atoms with E-state index in [1.807, 2.05) is 6.92 Å². The van der Waals surface area contributed by atoms with Crippen molar-refractivity contribution in [3.05, 3.63) is 47.5 Å². The van der Waals surface area contributed by atoms with Crippen LogP contribution >= 0.6 is 0 Å². The van der Waals surface area contributed by atoms with E-state index in [-0.39, 0.29) is 12.4 Å². The summed E-state index contributed by atoms with van der Waals surface area (Å²) < 4.78 is 19.0. The lowest BCUT2D eigenvalue weighted by atomic mass is 10.1. The van der Waals surface area contributed by atoms with Crippen molar-refractivity contribution < 1.29 is 9.13 Å². The van der Waals surface area contributed by atoms with Crippen molar-refractivity contribution in [2.75, 3.05) is 31.1 Å². The molecule has 0 atom stereocenters. The first-order chi connectivity index (χ1) is 11.2. The second-order valence-electron chi connectivity index (χ2n) is 5.67. The summed E-state index contributed by atoms with van der Waals surface area (Å²) in [5.74, 6) is 1.02. The fourth-order valence-electron chi connectivity index (χ4n) is 2.58. The summed E-state index contributed by atoms with van der Waals surface area (Å²) in [4.78, 5) is 10.9. The van der Waals surface area contributed by atoms with Crippen LogP contribution in [-0.2, 0) is 6.61 Å². The third kappa shape index (κ3) is 4.16. The molecule has 0 amide bonds. The van der Waals surface area contributed by atoms with E-state index in [0.29, 0.717) is 5.88 Å². The van der Waals surface area contributed by atoms with E-state index in [4.69, 9.17) is 4.74 Å². The molecule has 0 aliphatic carbocycles. The normalized spacial score (nSPS) is 15.3. The Morgan fingerprint density at radius 1 is 1.26 bits per heavy atom. The average Bonchev–Trinajstić information content (AvgIpc) is 2.85. The quantitative estimate of drug-likeness (QED) is 0.938.